The van der Waals surface area contributed by atoms with E-state index < -0.39 is 16.1 Å². The van der Waals surface area contributed by atoms with Gasteiger partial charge in [0.15, 0.2) is 5.76 Å². The summed E-state index contributed by atoms with van der Waals surface area (Å²) < 4.78 is 33.6. The van der Waals surface area contributed by atoms with Crippen molar-refractivity contribution in [2.75, 3.05) is 10.6 Å². The highest BCUT2D eigenvalue weighted by atomic mass is 32.2. The third kappa shape index (κ3) is 2.95. The lowest BCUT2D eigenvalue weighted by Crippen LogP contribution is -2.35. The van der Waals surface area contributed by atoms with Crippen LogP contribution in [0.4, 0.5) is 5.69 Å². The summed E-state index contributed by atoms with van der Waals surface area (Å²) in [5, 5.41) is 0.787. The van der Waals surface area contributed by atoms with Gasteiger partial charge in [0.05, 0.1) is 12.3 Å². The van der Waals surface area contributed by atoms with Crippen molar-refractivity contribution >= 4 is 32.3 Å². The number of anilines is 1. The first-order chi connectivity index (χ1) is 14.0. The van der Waals surface area contributed by atoms with Gasteiger partial charge in [-0.05, 0) is 29.3 Å². The van der Waals surface area contributed by atoms with Gasteiger partial charge in [-0.3, -0.25) is 4.31 Å². The standard InChI is InChI=1S/C24H19NO3S/c1-29(26,27)25-21(18-12-6-3-7-13-18)16-20(17-10-4-2-5-11-17)24-23(25)19-14-8-9-15-22(19)28-24/h2-16,21H,1H3. The van der Waals surface area contributed by atoms with E-state index in [-0.39, 0.29) is 0 Å². The number of fused-ring (bicyclic) bond motifs is 3. The highest BCUT2D eigenvalue weighted by Crippen LogP contribution is 2.49. The minimum atomic E-state index is -3.57. The molecule has 144 valence electrons. The molecule has 1 aliphatic rings. The van der Waals surface area contributed by atoms with Crippen LogP contribution in [0.5, 0.6) is 0 Å². The summed E-state index contributed by atoms with van der Waals surface area (Å²) in [4.78, 5) is 0. The molecule has 0 saturated heterocycles. The number of hydrogen-bond donors (Lipinski definition) is 0. The quantitative estimate of drug-likeness (QED) is 0.463. The molecule has 0 amide bonds. The van der Waals surface area contributed by atoms with Gasteiger partial charge in [0.25, 0.3) is 0 Å². The van der Waals surface area contributed by atoms with Gasteiger partial charge in [0.1, 0.15) is 11.3 Å². The first-order valence-corrected chi connectivity index (χ1v) is 11.2. The maximum atomic E-state index is 13.0. The molecule has 5 rings (SSSR count). The Kier molecular flexibility index (Phi) is 4.07. The molecule has 1 aromatic heterocycles. The number of sulfonamides is 1. The number of hydrogen-bond acceptors (Lipinski definition) is 3. The van der Waals surface area contributed by atoms with Gasteiger partial charge in [0.2, 0.25) is 10.0 Å². The van der Waals surface area contributed by atoms with E-state index in [9.17, 15) is 8.42 Å². The average Bonchev–Trinajstić information content (AvgIpc) is 3.12. The second kappa shape index (κ2) is 6.64. The van der Waals surface area contributed by atoms with Crippen molar-refractivity contribution in [3.8, 4) is 0 Å². The molecule has 0 saturated carbocycles. The van der Waals surface area contributed by atoms with Crippen molar-refractivity contribution in [3.05, 3.63) is 108 Å². The SMILES string of the molecule is CS(=O)(=O)N1c2c(oc3ccccc23)C(c2ccccc2)=CC1c1ccccc1. The summed E-state index contributed by atoms with van der Waals surface area (Å²) >= 11 is 0. The Bertz CT molecular complexity index is 1320. The predicted octanol–water partition coefficient (Wildman–Crippen LogP) is 5.39. The lowest BCUT2D eigenvalue weighted by molar-refractivity contribution is 0.580. The predicted molar refractivity (Wildman–Crippen MR) is 116 cm³/mol. The van der Waals surface area contributed by atoms with Crippen LogP contribution < -0.4 is 4.31 Å². The fourth-order valence-electron chi connectivity index (χ4n) is 3.97. The summed E-state index contributed by atoms with van der Waals surface area (Å²) in [7, 11) is -3.57. The van der Waals surface area contributed by atoms with Crippen LogP contribution in [0, 0.1) is 0 Å². The van der Waals surface area contributed by atoms with Crippen LogP contribution in [-0.4, -0.2) is 14.7 Å². The lowest BCUT2D eigenvalue weighted by atomic mass is 9.93. The van der Waals surface area contributed by atoms with Crippen molar-refractivity contribution < 1.29 is 12.8 Å². The largest absolute Gasteiger partial charge is 0.454 e. The Morgan fingerprint density at radius 1 is 0.828 bits per heavy atom. The molecule has 4 aromatic rings. The van der Waals surface area contributed by atoms with E-state index in [4.69, 9.17) is 4.42 Å². The molecule has 0 N–H and O–H groups in total. The summed E-state index contributed by atoms with van der Waals surface area (Å²) in [6, 6.07) is 26.7. The second-order valence-electron chi connectivity index (χ2n) is 7.14. The average molecular weight is 401 g/mol. The maximum Gasteiger partial charge on any atom is 0.233 e. The number of nitrogens with zero attached hydrogens (tertiary/aromatic N) is 1. The Morgan fingerprint density at radius 2 is 1.45 bits per heavy atom. The van der Waals surface area contributed by atoms with Crippen LogP contribution in [0.2, 0.25) is 0 Å². The van der Waals surface area contributed by atoms with Crippen LogP contribution in [0.15, 0.2) is 95.4 Å². The molecule has 1 unspecified atom stereocenters. The number of para-hydroxylation sites is 1. The van der Waals surface area contributed by atoms with Gasteiger partial charge < -0.3 is 4.42 Å². The summed E-state index contributed by atoms with van der Waals surface area (Å²) in [6.07, 6.45) is 3.23. The fraction of sp³-hybridized carbons (Fsp3) is 0.0833. The van der Waals surface area contributed by atoms with Crippen LogP contribution >= 0.6 is 0 Å². The van der Waals surface area contributed by atoms with E-state index in [0.717, 1.165) is 22.1 Å². The van der Waals surface area contributed by atoms with Crippen molar-refractivity contribution in [3.63, 3.8) is 0 Å². The molecular weight excluding hydrogens is 382 g/mol. The van der Waals surface area contributed by atoms with Crippen LogP contribution in [0.1, 0.15) is 22.9 Å². The zero-order valence-corrected chi connectivity index (χ0v) is 16.6. The summed E-state index contributed by atoms with van der Waals surface area (Å²) in [5.74, 6) is 0.579. The van der Waals surface area contributed by atoms with E-state index in [1.807, 2.05) is 91.0 Å². The van der Waals surface area contributed by atoms with Crippen molar-refractivity contribution in [1.29, 1.82) is 0 Å². The molecule has 5 heteroatoms. The van der Waals surface area contributed by atoms with E-state index in [1.165, 1.54) is 10.6 Å². The topological polar surface area (TPSA) is 50.5 Å². The molecular formula is C24H19NO3S. The van der Waals surface area contributed by atoms with Gasteiger partial charge in [-0.2, -0.15) is 0 Å². The van der Waals surface area contributed by atoms with E-state index in [0.29, 0.717) is 17.0 Å². The molecule has 0 bridgehead atoms. The van der Waals surface area contributed by atoms with E-state index in [2.05, 4.69) is 0 Å². The first-order valence-electron chi connectivity index (χ1n) is 9.37. The molecule has 0 radical (unpaired) electrons. The van der Waals surface area contributed by atoms with Crippen LogP contribution in [0.3, 0.4) is 0 Å². The normalized spacial score (nSPS) is 16.5. The molecule has 2 heterocycles. The summed E-state index contributed by atoms with van der Waals surface area (Å²) in [6.45, 7) is 0. The van der Waals surface area contributed by atoms with Crippen molar-refractivity contribution in [2.24, 2.45) is 0 Å². The number of furan rings is 1. The third-order valence-corrected chi connectivity index (χ3v) is 6.32. The monoisotopic (exact) mass is 401 g/mol. The minimum Gasteiger partial charge on any atom is -0.454 e. The van der Waals surface area contributed by atoms with Crippen molar-refractivity contribution in [2.45, 2.75) is 6.04 Å². The van der Waals surface area contributed by atoms with Gasteiger partial charge in [-0.15, -0.1) is 0 Å². The van der Waals surface area contributed by atoms with Crippen LogP contribution in [-0.2, 0) is 10.0 Å². The third-order valence-electron chi connectivity index (χ3n) is 5.19. The Hall–Kier alpha value is -3.31. The molecule has 0 fully saturated rings. The smallest absolute Gasteiger partial charge is 0.233 e. The van der Waals surface area contributed by atoms with Gasteiger partial charge in [-0.1, -0.05) is 72.8 Å². The Morgan fingerprint density at radius 3 is 2.14 bits per heavy atom. The molecule has 4 nitrogen and oxygen atoms in total. The van der Waals surface area contributed by atoms with E-state index >= 15 is 0 Å². The molecule has 29 heavy (non-hydrogen) atoms. The molecule has 0 spiro atoms. The van der Waals surface area contributed by atoms with E-state index in [1.54, 1.807) is 0 Å². The molecule has 0 aliphatic carbocycles. The second-order valence-corrected chi connectivity index (χ2v) is 9.00. The number of rotatable bonds is 3. The zero-order chi connectivity index (χ0) is 20.0. The van der Waals surface area contributed by atoms with Gasteiger partial charge in [0, 0.05) is 11.0 Å². The lowest BCUT2D eigenvalue weighted by Gasteiger charge is -2.34. The highest BCUT2D eigenvalue weighted by Gasteiger charge is 2.37. The first kappa shape index (κ1) is 17.8. The van der Waals surface area contributed by atoms with Gasteiger partial charge in [-0.25, -0.2) is 8.42 Å². The Balaban J connectivity index is 1.87. The minimum absolute atomic E-state index is 0.463. The van der Waals surface area contributed by atoms with Crippen LogP contribution in [0.25, 0.3) is 16.5 Å². The molecule has 1 atom stereocenters. The summed E-state index contributed by atoms with van der Waals surface area (Å²) in [5.41, 5.74) is 4.05. The zero-order valence-electron chi connectivity index (χ0n) is 15.8. The molecule has 1 aliphatic heterocycles. The Labute approximate surface area is 169 Å². The molecule has 3 aromatic carbocycles. The highest BCUT2D eigenvalue weighted by molar-refractivity contribution is 7.92. The number of benzene rings is 3. The fourth-order valence-corrected chi connectivity index (χ4v) is 5.08. The van der Waals surface area contributed by atoms with Crippen molar-refractivity contribution in [1.82, 2.24) is 0 Å². The maximum absolute atomic E-state index is 13.0. The van der Waals surface area contributed by atoms with Gasteiger partial charge >= 0.3 is 0 Å².